The maximum Gasteiger partial charge on any atom is 0.305 e. The molecule has 6 heteroatoms. The number of allylic oxidation sites excluding steroid dienone is 3. The van der Waals surface area contributed by atoms with Gasteiger partial charge in [-0.05, 0) is 57.8 Å². The van der Waals surface area contributed by atoms with Crippen molar-refractivity contribution < 1.29 is 24.5 Å². The van der Waals surface area contributed by atoms with Crippen molar-refractivity contribution in [2.45, 2.75) is 411 Å². The molecule has 0 fully saturated rings. The highest BCUT2D eigenvalue weighted by Gasteiger charge is 2.18. The average Bonchev–Trinajstić information content (AvgIpc) is 3.44. The number of hydrogen-bond donors (Lipinski definition) is 3. The lowest BCUT2D eigenvalue weighted by Crippen LogP contribution is -2.45. The number of hydrogen-bond acceptors (Lipinski definition) is 5. The van der Waals surface area contributed by atoms with Gasteiger partial charge in [-0.3, -0.25) is 9.59 Å². The zero-order chi connectivity index (χ0) is 56.4. The van der Waals surface area contributed by atoms with Gasteiger partial charge in [-0.25, -0.2) is 0 Å². The van der Waals surface area contributed by atoms with E-state index in [2.05, 4.69) is 31.3 Å². The molecule has 0 aromatic rings. The first kappa shape index (κ1) is 76.3. The largest absolute Gasteiger partial charge is 0.466 e. The van der Waals surface area contributed by atoms with Crippen LogP contribution in [0.3, 0.4) is 0 Å². The average molecular weight is 1100 g/mol. The Morgan fingerprint density at radius 2 is 0.603 bits per heavy atom. The van der Waals surface area contributed by atoms with Gasteiger partial charge in [-0.15, -0.1) is 0 Å². The Hall–Kier alpha value is -1.66. The van der Waals surface area contributed by atoms with Crippen LogP contribution in [0.15, 0.2) is 24.3 Å². The fraction of sp³-hybridized carbons (Fsp3) is 0.917. The number of aliphatic hydroxyl groups excluding tert-OH is 2. The van der Waals surface area contributed by atoms with Crippen LogP contribution in [0.1, 0.15) is 399 Å². The Bertz CT molecular complexity index is 1220. The molecule has 0 aliphatic carbocycles. The normalized spacial score (nSPS) is 12.6. The molecule has 0 bridgehead atoms. The van der Waals surface area contributed by atoms with Crippen LogP contribution in [-0.2, 0) is 14.3 Å². The molecule has 0 aliphatic rings. The van der Waals surface area contributed by atoms with Gasteiger partial charge >= 0.3 is 5.97 Å². The fourth-order valence-corrected chi connectivity index (χ4v) is 11.3. The Balaban J connectivity index is 3.31. The molecule has 3 N–H and O–H groups in total. The molecule has 0 aromatic heterocycles. The van der Waals surface area contributed by atoms with Crippen LogP contribution in [0.2, 0.25) is 0 Å². The van der Waals surface area contributed by atoms with Crippen LogP contribution >= 0.6 is 0 Å². The second-order valence-electron chi connectivity index (χ2n) is 24.6. The van der Waals surface area contributed by atoms with Gasteiger partial charge in [0.15, 0.2) is 0 Å². The SMILES string of the molecule is CCCCCCCCCC/C=C/C(O)C(CO)NC(=O)CCCCCCCCCCCCCCCCCCC/C=C\CCCCCCCCCCCCCCOC(=O)CCCCCCCCCCCCCCCCCCCC. The van der Waals surface area contributed by atoms with E-state index in [0.717, 1.165) is 38.5 Å². The Morgan fingerprint density at radius 1 is 0.346 bits per heavy atom. The highest BCUT2D eigenvalue weighted by Crippen LogP contribution is 2.19. The Labute approximate surface area is 488 Å². The first-order chi connectivity index (χ1) is 38.5. The van der Waals surface area contributed by atoms with Crippen molar-refractivity contribution in [3.63, 3.8) is 0 Å². The number of aliphatic hydroxyl groups is 2. The molecule has 0 rings (SSSR count). The highest BCUT2D eigenvalue weighted by molar-refractivity contribution is 5.76. The van der Waals surface area contributed by atoms with E-state index >= 15 is 0 Å². The van der Waals surface area contributed by atoms with E-state index < -0.39 is 12.1 Å². The third-order valence-electron chi connectivity index (χ3n) is 16.7. The summed E-state index contributed by atoms with van der Waals surface area (Å²) in [7, 11) is 0. The van der Waals surface area contributed by atoms with E-state index in [1.165, 1.54) is 334 Å². The summed E-state index contributed by atoms with van der Waals surface area (Å²) < 4.78 is 5.51. The maximum atomic E-state index is 12.4. The van der Waals surface area contributed by atoms with E-state index in [-0.39, 0.29) is 18.5 Å². The molecule has 0 radical (unpaired) electrons. The van der Waals surface area contributed by atoms with Crippen molar-refractivity contribution in [2.75, 3.05) is 13.2 Å². The standard InChI is InChI=1S/C72H139NO5/c1-3-5-7-9-11-13-15-16-17-18-37-40-43-46-50-54-58-62-66-72(77)78-67-63-59-55-51-47-44-41-38-35-33-31-29-27-25-23-21-19-20-22-24-26-28-30-32-34-36-39-42-45-49-53-57-61-65-71(76)73-69(68-74)70(75)64-60-56-52-48-14-12-10-8-6-4-2/h23,25,60,64,69-70,74-75H,3-22,24,26-59,61-63,65-68H2,1-2H3,(H,73,76)/b25-23-,64-60+. The third kappa shape index (κ3) is 63.5. The first-order valence-electron chi connectivity index (χ1n) is 35.6. The summed E-state index contributed by atoms with van der Waals surface area (Å²) in [4.78, 5) is 24.5. The molecule has 0 heterocycles. The number of rotatable bonds is 67. The third-order valence-corrected chi connectivity index (χ3v) is 16.7. The van der Waals surface area contributed by atoms with Gasteiger partial charge in [0.1, 0.15) is 0 Å². The van der Waals surface area contributed by atoms with E-state index in [0.29, 0.717) is 19.4 Å². The number of ether oxygens (including phenoxy) is 1. The first-order valence-corrected chi connectivity index (χ1v) is 35.6. The van der Waals surface area contributed by atoms with Crippen molar-refractivity contribution in [1.82, 2.24) is 5.32 Å². The Morgan fingerprint density at radius 3 is 0.910 bits per heavy atom. The van der Waals surface area contributed by atoms with Crippen LogP contribution in [0, 0.1) is 0 Å². The minimum Gasteiger partial charge on any atom is -0.466 e. The Kier molecular flexibility index (Phi) is 66.4. The van der Waals surface area contributed by atoms with E-state index in [1.807, 2.05) is 6.08 Å². The summed E-state index contributed by atoms with van der Waals surface area (Å²) in [6.45, 7) is 4.92. The van der Waals surface area contributed by atoms with Crippen LogP contribution in [0.5, 0.6) is 0 Å². The van der Waals surface area contributed by atoms with Gasteiger partial charge in [0.25, 0.3) is 0 Å². The predicted molar refractivity (Wildman–Crippen MR) is 343 cm³/mol. The molecule has 0 saturated heterocycles. The zero-order valence-electron chi connectivity index (χ0n) is 52.9. The molecular weight excluding hydrogens is 959 g/mol. The molecule has 0 saturated carbocycles. The smallest absolute Gasteiger partial charge is 0.305 e. The molecule has 2 unspecified atom stereocenters. The van der Waals surface area contributed by atoms with Crippen molar-refractivity contribution in [1.29, 1.82) is 0 Å². The summed E-state index contributed by atoms with van der Waals surface area (Å²) in [6, 6.07) is -0.623. The van der Waals surface area contributed by atoms with Crippen molar-refractivity contribution in [3.05, 3.63) is 24.3 Å². The maximum absolute atomic E-state index is 12.4. The minimum absolute atomic E-state index is 0.0234. The molecule has 6 nitrogen and oxygen atoms in total. The molecule has 462 valence electrons. The summed E-state index contributed by atoms with van der Waals surface area (Å²) in [5, 5.41) is 23.0. The lowest BCUT2D eigenvalue weighted by molar-refractivity contribution is -0.143. The number of amides is 1. The topological polar surface area (TPSA) is 95.9 Å². The van der Waals surface area contributed by atoms with Gasteiger partial charge in [-0.1, -0.05) is 353 Å². The number of carbonyl (C=O) groups excluding carboxylic acids is 2. The summed E-state index contributed by atoms with van der Waals surface area (Å²) in [5.74, 6) is -0.0418. The number of unbranched alkanes of at least 4 members (excludes halogenated alkanes) is 54. The van der Waals surface area contributed by atoms with Gasteiger partial charge < -0.3 is 20.3 Å². The molecule has 0 aliphatic heterocycles. The number of nitrogens with one attached hydrogen (secondary N) is 1. The fourth-order valence-electron chi connectivity index (χ4n) is 11.3. The van der Waals surface area contributed by atoms with Gasteiger partial charge in [0.05, 0.1) is 25.4 Å². The second-order valence-corrected chi connectivity index (χ2v) is 24.6. The number of esters is 1. The second kappa shape index (κ2) is 67.8. The molecule has 78 heavy (non-hydrogen) atoms. The van der Waals surface area contributed by atoms with Crippen LogP contribution in [-0.4, -0.2) is 47.4 Å². The van der Waals surface area contributed by atoms with Crippen molar-refractivity contribution in [2.24, 2.45) is 0 Å². The molecular formula is C72H139NO5. The summed E-state index contributed by atoms with van der Waals surface area (Å²) in [5.41, 5.74) is 0. The molecule has 0 aromatic carbocycles. The van der Waals surface area contributed by atoms with Crippen molar-refractivity contribution in [3.8, 4) is 0 Å². The molecule has 0 spiro atoms. The lowest BCUT2D eigenvalue weighted by Gasteiger charge is -2.20. The van der Waals surface area contributed by atoms with Crippen molar-refractivity contribution >= 4 is 11.9 Å². The zero-order valence-corrected chi connectivity index (χ0v) is 52.9. The molecule has 2 atom stereocenters. The van der Waals surface area contributed by atoms with E-state index in [4.69, 9.17) is 4.74 Å². The van der Waals surface area contributed by atoms with Gasteiger partial charge in [0, 0.05) is 12.8 Å². The van der Waals surface area contributed by atoms with Crippen LogP contribution < -0.4 is 5.32 Å². The minimum atomic E-state index is -0.840. The molecule has 1 amide bonds. The van der Waals surface area contributed by atoms with E-state index in [9.17, 15) is 19.8 Å². The summed E-state index contributed by atoms with van der Waals surface area (Å²) in [6.07, 6.45) is 85.7. The highest BCUT2D eigenvalue weighted by atomic mass is 16.5. The summed E-state index contributed by atoms with van der Waals surface area (Å²) >= 11 is 0. The lowest BCUT2D eigenvalue weighted by atomic mass is 10.0. The van der Waals surface area contributed by atoms with Crippen LogP contribution in [0.4, 0.5) is 0 Å². The quantitative estimate of drug-likeness (QED) is 0.0320. The van der Waals surface area contributed by atoms with Gasteiger partial charge in [-0.2, -0.15) is 0 Å². The van der Waals surface area contributed by atoms with E-state index in [1.54, 1.807) is 6.08 Å². The van der Waals surface area contributed by atoms with Gasteiger partial charge in [0.2, 0.25) is 5.91 Å². The monoisotopic (exact) mass is 1100 g/mol. The predicted octanol–water partition coefficient (Wildman–Crippen LogP) is 22.9. The number of carbonyl (C=O) groups is 2. The van der Waals surface area contributed by atoms with Crippen LogP contribution in [0.25, 0.3) is 0 Å².